The van der Waals surface area contributed by atoms with Gasteiger partial charge in [0, 0.05) is 31.0 Å². The summed E-state index contributed by atoms with van der Waals surface area (Å²) >= 11 is 5.80. The summed E-state index contributed by atoms with van der Waals surface area (Å²) in [4.78, 5) is 35.1. The number of anilines is 1. The molecule has 2 aromatic rings. The number of ether oxygens (including phenoxy) is 2. The molecule has 0 atom stereocenters. The zero-order valence-corrected chi connectivity index (χ0v) is 17.6. The van der Waals surface area contributed by atoms with E-state index in [9.17, 15) is 14.4 Å². The standard InChI is InChI=1S/C21H23ClN4O5/c1-30-12-2-11-23-20(28)21(29)26-24-13-15-3-9-18(10-4-15)31-14-19(27)25-17-7-5-16(22)6-8-17/h3-10,13H,2,11-12,14H2,1H3,(H,23,28)(H,25,27)(H,26,29)/b24-13-. The van der Waals surface area contributed by atoms with E-state index in [0.29, 0.717) is 41.6 Å². The lowest BCUT2D eigenvalue weighted by Crippen LogP contribution is -2.38. The van der Waals surface area contributed by atoms with Crippen molar-refractivity contribution < 1.29 is 23.9 Å². The molecule has 0 aromatic heterocycles. The Bertz CT molecular complexity index is 901. The first kappa shape index (κ1) is 23.8. The van der Waals surface area contributed by atoms with Gasteiger partial charge in [-0.25, -0.2) is 5.43 Å². The average Bonchev–Trinajstić information content (AvgIpc) is 2.77. The van der Waals surface area contributed by atoms with Gasteiger partial charge in [-0.05, 0) is 60.5 Å². The van der Waals surface area contributed by atoms with Crippen LogP contribution in [0, 0.1) is 0 Å². The SMILES string of the molecule is COCCCNC(=O)C(=O)N/N=C\c1ccc(OCC(=O)Nc2ccc(Cl)cc2)cc1. The number of carbonyl (C=O) groups excluding carboxylic acids is 3. The Balaban J connectivity index is 1.72. The first-order chi connectivity index (χ1) is 15.0. The average molecular weight is 447 g/mol. The van der Waals surface area contributed by atoms with Crippen LogP contribution < -0.4 is 20.8 Å². The minimum Gasteiger partial charge on any atom is -0.484 e. The molecule has 9 nitrogen and oxygen atoms in total. The zero-order valence-electron chi connectivity index (χ0n) is 16.9. The smallest absolute Gasteiger partial charge is 0.329 e. The van der Waals surface area contributed by atoms with Crippen molar-refractivity contribution in [2.24, 2.45) is 5.10 Å². The molecule has 0 unspecified atom stereocenters. The van der Waals surface area contributed by atoms with Gasteiger partial charge in [0.25, 0.3) is 5.91 Å². The summed E-state index contributed by atoms with van der Waals surface area (Å²) in [6, 6.07) is 13.4. The summed E-state index contributed by atoms with van der Waals surface area (Å²) in [5.41, 5.74) is 3.43. The lowest BCUT2D eigenvalue weighted by atomic mass is 10.2. The Morgan fingerprint density at radius 3 is 2.42 bits per heavy atom. The maximum absolute atomic E-state index is 11.9. The van der Waals surface area contributed by atoms with Crippen LogP contribution in [0.5, 0.6) is 5.75 Å². The van der Waals surface area contributed by atoms with Crippen molar-refractivity contribution in [2.45, 2.75) is 6.42 Å². The Hall–Kier alpha value is -3.43. The molecule has 3 N–H and O–H groups in total. The second kappa shape index (κ2) is 13.0. The van der Waals surface area contributed by atoms with Crippen LogP contribution in [0.25, 0.3) is 0 Å². The number of carbonyl (C=O) groups is 3. The predicted octanol–water partition coefficient (Wildman–Crippen LogP) is 1.96. The van der Waals surface area contributed by atoms with Crippen LogP contribution in [0.15, 0.2) is 53.6 Å². The summed E-state index contributed by atoms with van der Waals surface area (Å²) < 4.78 is 10.3. The van der Waals surface area contributed by atoms with Crippen molar-refractivity contribution in [3.8, 4) is 5.75 Å². The third kappa shape index (κ3) is 9.28. The highest BCUT2D eigenvalue weighted by atomic mass is 35.5. The summed E-state index contributed by atoms with van der Waals surface area (Å²) in [5.74, 6) is -1.45. The van der Waals surface area contributed by atoms with Crippen LogP contribution in [0.4, 0.5) is 5.69 Å². The number of nitrogens with zero attached hydrogens (tertiary/aromatic N) is 1. The molecule has 0 heterocycles. The number of hydrazone groups is 1. The molecule has 0 aliphatic heterocycles. The van der Waals surface area contributed by atoms with Gasteiger partial charge in [-0.1, -0.05) is 11.6 Å². The van der Waals surface area contributed by atoms with Crippen LogP contribution in [0.2, 0.25) is 5.02 Å². The monoisotopic (exact) mass is 446 g/mol. The van der Waals surface area contributed by atoms with E-state index >= 15 is 0 Å². The van der Waals surface area contributed by atoms with E-state index in [2.05, 4.69) is 21.2 Å². The van der Waals surface area contributed by atoms with Gasteiger partial charge >= 0.3 is 11.8 Å². The van der Waals surface area contributed by atoms with E-state index in [1.807, 2.05) is 0 Å². The normalized spacial score (nSPS) is 10.5. The molecule has 0 aliphatic rings. The Labute approximate surface area is 184 Å². The van der Waals surface area contributed by atoms with Crippen molar-refractivity contribution in [2.75, 3.05) is 32.2 Å². The number of halogens is 1. The van der Waals surface area contributed by atoms with E-state index in [1.54, 1.807) is 55.6 Å². The lowest BCUT2D eigenvalue weighted by molar-refractivity contribution is -0.139. The highest BCUT2D eigenvalue weighted by Gasteiger charge is 2.11. The van der Waals surface area contributed by atoms with Crippen molar-refractivity contribution in [3.63, 3.8) is 0 Å². The molecular formula is C21H23ClN4O5. The largest absolute Gasteiger partial charge is 0.484 e. The Kier molecular flexibility index (Phi) is 9.99. The Morgan fingerprint density at radius 2 is 1.74 bits per heavy atom. The van der Waals surface area contributed by atoms with Crippen LogP contribution in [0.3, 0.4) is 0 Å². The van der Waals surface area contributed by atoms with Gasteiger partial charge in [0.15, 0.2) is 6.61 Å². The van der Waals surface area contributed by atoms with Gasteiger partial charge < -0.3 is 20.1 Å². The molecule has 10 heteroatoms. The number of rotatable bonds is 10. The number of benzene rings is 2. The van der Waals surface area contributed by atoms with Crippen molar-refractivity contribution >= 4 is 41.2 Å². The molecule has 0 radical (unpaired) electrons. The van der Waals surface area contributed by atoms with Crippen LogP contribution in [0.1, 0.15) is 12.0 Å². The van der Waals surface area contributed by atoms with Gasteiger partial charge in [-0.3, -0.25) is 14.4 Å². The summed E-state index contributed by atoms with van der Waals surface area (Å²) in [5, 5.41) is 9.47. The number of nitrogens with one attached hydrogen (secondary N) is 3. The van der Waals surface area contributed by atoms with Crippen molar-refractivity contribution in [3.05, 3.63) is 59.1 Å². The number of hydrogen-bond acceptors (Lipinski definition) is 6. The summed E-state index contributed by atoms with van der Waals surface area (Å²) in [6.45, 7) is 0.668. The maximum atomic E-state index is 11.9. The number of methoxy groups -OCH3 is 1. The predicted molar refractivity (Wildman–Crippen MR) is 117 cm³/mol. The molecule has 2 rings (SSSR count). The molecule has 2 aromatic carbocycles. The molecule has 31 heavy (non-hydrogen) atoms. The van der Waals surface area contributed by atoms with E-state index in [4.69, 9.17) is 21.1 Å². The molecule has 0 bridgehead atoms. The molecular weight excluding hydrogens is 424 g/mol. The number of amides is 3. The second-order valence-corrected chi connectivity index (χ2v) is 6.65. The number of hydrogen-bond donors (Lipinski definition) is 3. The fourth-order valence-corrected chi connectivity index (χ4v) is 2.37. The van der Waals surface area contributed by atoms with Gasteiger partial charge in [0.05, 0.1) is 6.21 Å². The molecule has 164 valence electrons. The molecule has 0 saturated heterocycles. The highest BCUT2D eigenvalue weighted by molar-refractivity contribution is 6.35. The van der Waals surface area contributed by atoms with E-state index < -0.39 is 11.8 Å². The van der Waals surface area contributed by atoms with Crippen LogP contribution >= 0.6 is 11.6 Å². The van der Waals surface area contributed by atoms with E-state index in [0.717, 1.165) is 0 Å². The fraction of sp³-hybridized carbons (Fsp3) is 0.238. The van der Waals surface area contributed by atoms with Crippen LogP contribution in [-0.4, -0.2) is 50.8 Å². The molecule has 3 amide bonds. The first-order valence-corrected chi connectivity index (χ1v) is 9.74. The summed E-state index contributed by atoms with van der Waals surface area (Å²) in [7, 11) is 1.56. The molecule has 0 saturated carbocycles. The van der Waals surface area contributed by atoms with Crippen molar-refractivity contribution in [1.82, 2.24) is 10.7 Å². The fourth-order valence-electron chi connectivity index (χ4n) is 2.24. The second-order valence-electron chi connectivity index (χ2n) is 6.21. The zero-order chi connectivity index (χ0) is 22.5. The lowest BCUT2D eigenvalue weighted by Gasteiger charge is -2.08. The van der Waals surface area contributed by atoms with E-state index in [-0.39, 0.29) is 12.5 Å². The van der Waals surface area contributed by atoms with Gasteiger partial charge in [-0.15, -0.1) is 0 Å². The van der Waals surface area contributed by atoms with Crippen molar-refractivity contribution in [1.29, 1.82) is 0 Å². The Morgan fingerprint density at radius 1 is 1.03 bits per heavy atom. The third-order valence-electron chi connectivity index (χ3n) is 3.77. The quantitative estimate of drug-likeness (QED) is 0.223. The van der Waals surface area contributed by atoms with Crippen LogP contribution in [-0.2, 0) is 19.1 Å². The van der Waals surface area contributed by atoms with Gasteiger partial charge in [0.1, 0.15) is 5.75 Å². The minimum absolute atomic E-state index is 0.161. The maximum Gasteiger partial charge on any atom is 0.329 e. The molecule has 0 fully saturated rings. The minimum atomic E-state index is -0.861. The third-order valence-corrected chi connectivity index (χ3v) is 4.03. The first-order valence-electron chi connectivity index (χ1n) is 9.36. The van der Waals surface area contributed by atoms with Gasteiger partial charge in [0.2, 0.25) is 0 Å². The van der Waals surface area contributed by atoms with E-state index in [1.165, 1.54) is 6.21 Å². The highest BCUT2D eigenvalue weighted by Crippen LogP contribution is 2.14. The molecule has 0 aliphatic carbocycles. The molecule has 0 spiro atoms. The van der Waals surface area contributed by atoms with Gasteiger partial charge in [-0.2, -0.15) is 5.10 Å². The topological polar surface area (TPSA) is 118 Å². The summed E-state index contributed by atoms with van der Waals surface area (Å²) in [6.07, 6.45) is 1.99.